The Kier molecular flexibility index (Phi) is 4.50. The Labute approximate surface area is 132 Å². The van der Waals surface area contributed by atoms with Gasteiger partial charge in [0, 0.05) is 22.6 Å². The highest BCUT2D eigenvalue weighted by Gasteiger charge is 2.29. The summed E-state index contributed by atoms with van der Waals surface area (Å²) in [6.07, 6.45) is 0.671. The topological polar surface area (TPSA) is 38.0 Å². The quantitative estimate of drug-likeness (QED) is 0.665. The Bertz CT molecular complexity index is 650. The minimum atomic E-state index is -0.383. The zero-order valence-corrected chi connectivity index (χ0v) is 12.9. The number of hydrazine groups is 1. The van der Waals surface area contributed by atoms with Crippen molar-refractivity contribution in [2.24, 2.45) is 5.84 Å². The molecule has 1 aliphatic rings. The summed E-state index contributed by atoms with van der Waals surface area (Å²) in [6.45, 7) is 0. The molecule has 0 amide bonds. The average molecular weight is 323 g/mol. The molecule has 0 spiro atoms. The fraction of sp³-hybridized carbons (Fsp3) is 0.250. The highest BCUT2D eigenvalue weighted by Crippen LogP contribution is 2.41. The first-order valence-electron chi connectivity index (χ1n) is 6.81. The number of thioether (sulfide) groups is 1. The van der Waals surface area contributed by atoms with Crippen LogP contribution in [0.5, 0.6) is 0 Å². The Morgan fingerprint density at radius 3 is 2.90 bits per heavy atom. The van der Waals surface area contributed by atoms with Gasteiger partial charge in [-0.3, -0.25) is 11.3 Å². The minimum absolute atomic E-state index is 0.0710. The summed E-state index contributed by atoms with van der Waals surface area (Å²) in [4.78, 5) is 1.31. The average Bonchev–Trinajstić information content (AvgIpc) is 2.92. The number of halogens is 2. The molecular weight excluding hydrogens is 307 g/mol. The van der Waals surface area contributed by atoms with Gasteiger partial charge in [-0.1, -0.05) is 35.9 Å². The van der Waals surface area contributed by atoms with E-state index in [4.69, 9.17) is 17.4 Å². The molecule has 0 aromatic heterocycles. The molecule has 1 aliphatic heterocycles. The van der Waals surface area contributed by atoms with Crippen LogP contribution >= 0.6 is 23.4 Å². The summed E-state index contributed by atoms with van der Waals surface area (Å²) >= 11 is 7.57. The van der Waals surface area contributed by atoms with E-state index in [9.17, 15) is 4.39 Å². The molecule has 3 rings (SSSR count). The second-order valence-corrected chi connectivity index (χ2v) is 6.65. The van der Waals surface area contributed by atoms with Crippen molar-refractivity contribution in [2.45, 2.75) is 23.3 Å². The third kappa shape index (κ3) is 3.09. The van der Waals surface area contributed by atoms with Crippen LogP contribution in [0.25, 0.3) is 0 Å². The normalized spacial score (nSPS) is 18.5. The van der Waals surface area contributed by atoms with E-state index in [-0.39, 0.29) is 16.9 Å². The number of hydrogen-bond acceptors (Lipinski definition) is 3. The maximum absolute atomic E-state index is 13.6. The van der Waals surface area contributed by atoms with Crippen LogP contribution in [0.1, 0.15) is 17.0 Å². The first-order valence-corrected chi connectivity index (χ1v) is 8.17. The first kappa shape index (κ1) is 14.9. The molecule has 0 fully saturated rings. The van der Waals surface area contributed by atoms with Gasteiger partial charge in [0.1, 0.15) is 5.82 Å². The SMILES string of the molecule is NNC(Cc1ccc(Cl)c(F)c1)C1CSc2ccccc21. The maximum Gasteiger partial charge on any atom is 0.142 e. The zero-order valence-electron chi connectivity index (χ0n) is 11.4. The summed E-state index contributed by atoms with van der Waals surface area (Å²) in [5.41, 5.74) is 5.12. The van der Waals surface area contributed by atoms with Gasteiger partial charge < -0.3 is 0 Å². The van der Waals surface area contributed by atoms with E-state index >= 15 is 0 Å². The van der Waals surface area contributed by atoms with Gasteiger partial charge in [-0.05, 0) is 35.7 Å². The van der Waals surface area contributed by atoms with Crippen molar-refractivity contribution in [3.05, 3.63) is 64.4 Å². The Morgan fingerprint density at radius 2 is 2.14 bits per heavy atom. The van der Waals surface area contributed by atoms with E-state index in [1.54, 1.807) is 6.07 Å². The molecule has 0 bridgehead atoms. The van der Waals surface area contributed by atoms with Crippen molar-refractivity contribution in [1.82, 2.24) is 5.43 Å². The first-order chi connectivity index (χ1) is 10.2. The number of rotatable bonds is 4. The van der Waals surface area contributed by atoms with Crippen molar-refractivity contribution in [2.75, 3.05) is 5.75 Å². The highest BCUT2D eigenvalue weighted by molar-refractivity contribution is 7.99. The molecule has 1 heterocycles. The van der Waals surface area contributed by atoms with Crippen molar-refractivity contribution < 1.29 is 4.39 Å². The molecule has 0 saturated carbocycles. The van der Waals surface area contributed by atoms with Crippen LogP contribution in [0, 0.1) is 5.82 Å². The second kappa shape index (κ2) is 6.36. The Balaban J connectivity index is 1.81. The molecule has 0 saturated heterocycles. The third-order valence-electron chi connectivity index (χ3n) is 3.88. The predicted molar refractivity (Wildman–Crippen MR) is 86.1 cm³/mol. The van der Waals surface area contributed by atoms with Crippen molar-refractivity contribution in [3.63, 3.8) is 0 Å². The summed E-state index contributed by atoms with van der Waals surface area (Å²) < 4.78 is 13.6. The molecule has 0 radical (unpaired) electrons. The van der Waals surface area contributed by atoms with Crippen molar-refractivity contribution >= 4 is 23.4 Å². The molecule has 21 heavy (non-hydrogen) atoms. The molecule has 2 nitrogen and oxygen atoms in total. The van der Waals surface area contributed by atoms with Crippen LogP contribution in [0.3, 0.4) is 0 Å². The predicted octanol–water partition coefficient (Wildman–Crippen LogP) is 3.74. The lowest BCUT2D eigenvalue weighted by molar-refractivity contribution is 0.462. The van der Waals surface area contributed by atoms with E-state index in [1.165, 1.54) is 16.5 Å². The van der Waals surface area contributed by atoms with E-state index < -0.39 is 0 Å². The van der Waals surface area contributed by atoms with E-state index in [2.05, 4.69) is 17.6 Å². The Morgan fingerprint density at radius 1 is 1.33 bits per heavy atom. The molecule has 2 aromatic carbocycles. The zero-order chi connectivity index (χ0) is 14.8. The standard InChI is InChI=1S/C16H16ClFN2S/c17-13-6-5-10(7-14(13)18)8-15(20-19)12-9-21-16-4-2-1-3-11(12)16/h1-7,12,15,20H,8-9,19H2. The number of nitrogens with two attached hydrogens (primary N) is 1. The number of benzene rings is 2. The summed E-state index contributed by atoms with van der Waals surface area (Å²) in [5, 5.41) is 0.151. The van der Waals surface area contributed by atoms with Gasteiger partial charge in [0.15, 0.2) is 0 Å². The molecule has 3 N–H and O–H groups in total. The largest absolute Gasteiger partial charge is 0.271 e. The second-order valence-electron chi connectivity index (χ2n) is 5.18. The van der Waals surface area contributed by atoms with Crippen LogP contribution in [0.2, 0.25) is 5.02 Å². The van der Waals surface area contributed by atoms with Crippen LogP contribution in [-0.4, -0.2) is 11.8 Å². The fourth-order valence-electron chi connectivity index (χ4n) is 2.76. The Hall–Kier alpha value is -1.07. The minimum Gasteiger partial charge on any atom is -0.271 e. The lowest BCUT2D eigenvalue weighted by atomic mass is 9.89. The van der Waals surface area contributed by atoms with Gasteiger partial charge in [0.2, 0.25) is 0 Å². The molecular formula is C16H16ClFN2S. The number of nitrogens with one attached hydrogen (secondary N) is 1. The smallest absolute Gasteiger partial charge is 0.142 e. The van der Waals surface area contributed by atoms with Gasteiger partial charge >= 0.3 is 0 Å². The summed E-state index contributed by atoms with van der Waals surface area (Å²) in [7, 11) is 0. The van der Waals surface area contributed by atoms with Gasteiger partial charge in [-0.15, -0.1) is 11.8 Å². The molecule has 2 unspecified atom stereocenters. The van der Waals surface area contributed by atoms with E-state index in [0.29, 0.717) is 12.3 Å². The van der Waals surface area contributed by atoms with Crippen molar-refractivity contribution in [3.8, 4) is 0 Å². The van der Waals surface area contributed by atoms with E-state index in [0.717, 1.165) is 11.3 Å². The molecule has 110 valence electrons. The molecule has 0 aliphatic carbocycles. The lowest BCUT2D eigenvalue weighted by Gasteiger charge is -2.23. The monoisotopic (exact) mass is 322 g/mol. The molecule has 2 aromatic rings. The van der Waals surface area contributed by atoms with Crippen molar-refractivity contribution in [1.29, 1.82) is 0 Å². The fourth-order valence-corrected chi connectivity index (χ4v) is 4.21. The lowest BCUT2D eigenvalue weighted by Crippen LogP contribution is -2.41. The van der Waals surface area contributed by atoms with Gasteiger partial charge in [0.05, 0.1) is 5.02 Å². The highest BCUT2D eigenvalue weighted by atomic mass is 35.5. The van der Waals surface area contributed by atoms with E-state index in [1.807, 2.05) is 30.0 Å². The molecule has 2 atom stereocenters. The van der Waals surface area contributed by atoms with Crippen LogP contribution < -0.4 is 11.3 Å². The number of fused-ring (bicyclic) bond motifs is 1. The molecule has 5 heteroatoms. The van der Waals surface area contributed by atoms with Crippen LogP contribution in [-0.2, 0) is 6.42 Å². The third-order valence-corrected chi connectivity index (χ3v) is 5.39. The van der Waals surface area contributed by atoms with Crippen LogP contribution in [0.4, 0.5) is 4.39 Å². The van der Waals surface area contributed by atoms with Crippen LogP contribution in [0.15, 0.2) is 47.4 Å². The van der Waals surface area contributed by atoms with Gasteiger partial charge in [0.25, 0.3) is 0 Å². The summed E-state index contributed by atoms with van der Waals surface area (Å²) in [6, 6.07) is 13.4. The summed E-state index contributed by atoms with van der Waals surface area (Å²) in [5.74, 6) is 6.68. The number of hydrogen-bond donors (Lipinski definition) is 2. The maximum atomic E-state index is 13.6. The van der Waals surface area contributed by atoms with Gasteiger partial charge in [-0.25, -0.2) is 4.39 Å². The van der Waals surface area contributed by atoms with Gasteiger partial charge in [-0.2, -0.15) is 0 Å².